The number of aromatic nitrogens is 1. The number of nitrogens with one attached hydrogen (secondary N) is 2. The second kappa shape index (κ2) is 11.7. The second-order valence-corrected chi connectivity index (χ2v) is 12.7. The van der Waals surface area contributed by atoms with Crippen molar-refractivity contribution in [1.29, 1.82) is 0 Å². The summed E-state index contributed by atoms with van der Waals surface area (Å²) in [5.74, 6) is -1.70. The fraction of sp³-hybridized carbons (Fsp3) is 0.389. The van der Waals surface area contributed by atoms with Crippen LogP contribution in [0, 0.1) is 24.6 Å². The smallest absolute Gasteiger partial charge is 0.257 e. The molecule has 3 heterocycles. The van der Waals surface area contributed by atoms with Crippen molar-refractivity contribution < 1.29 is 18.7 Å². The topological polar surface area (TPSA) is 75.6 Å². The number of piperidine rings is 1. The summed E-state index contributed by atoms with van der Waals surface area (Å²) >= 11 is 0. The van der Waals surface area contributed by atoms with E-state index in [0.29, 0.717) is 36.9 Å². The minimum Gasteiger partial charge on any atom is -0.382 e. The van der Waals surface area contributed by atoms with E-state index in [0.717, 1.165) is 35.0 Å². The number of nitrogens with zero attached hydrogens (tertiary/aromatic N) is 2. The highest BCUT2D eigenvalue weighted by molar-refractivity contribution is 5.99. The fourth-order valence-corrected chi connectivity index (χ4v) is 7.60. The first-order valence-electron chi connectivity index (χ1n) is 15.8. The number of ether oxygens (including phenoxy) is 1. The summed E-state index contributed by atoms with van der Waals surface area (Å²) in [6.45, 7) is 2.58. The second-order valence-electron chi connectivity index (χ2n) is 12.7. The monoisotopic (exact) mass is 594 g/mol. The number of fused-ring (bicyclic) bond motifs is 2. The van der Waals surface area contributed by atoms with Gasteiger partial charge in [-0.05, 0) is 79.8 Å². The van der Waals surface area contributed by atoms with Crippen LogP contribution < -0.4 is 10.6 Å². The van der Waals surface area contributed by atoms with E-state index in [-0.39, 0.29) is 23.4 Å². The molecule has 7 nitrogen and oxygen atoms in total. The van der Waals surface area contributed by atoms with Crippen LogP contribution >= 0.6 is 0 Å². The van der Waals surface area contributed by atoms with Gasteiger partial charge in [-0.3, -0.25) is 9.59 Å². The molecule has 228 valence electrons. The quantitative estimate of drug-likeness (QED) is 0.256. The van der Waals surface area contributed by atoms with E-state index in [1.165, 1.54) is 18.9 Å². The van der Waals surface area contributed by atoms with E-state index in [4.69, 9.17) is 4.74 Å². The summed E-state index contributed by atoms with van der Waals surface area (Å²) in [4.78, 5) is 30.4. The van der Waals surface area contributed by atoms with Crippen molar-refractivity contribution in [3.05, 3.63) is 95.4 Å². The average molecular weight is 595 g/mol. The Morgan fingerprint density at radius 1 is 0.955 bits per heavy atom. The van der Waals surface area contributed by atoms with Crippen molar-refractivity contribution in [2.45, 2.75) is 57.2 Å². The minimum absolute atomic E-state index is 0.0297. The summed E-state index contributed by atoms with van der Waals surface area (Å²) in [5, 5.41) is 7.83. The number of hydrogen-bond acceptors (Lipinski definition) is 4. The Kier molecular flexibility index (Phi) is 7.62. The zero-order valence-electron chi connectivity index (χ0n) is 25.3. The van der Waals surface area contributed by atoms with Gasteiger partial charge >= 0.3 is 0 Å². The van der Waals surface area contributed by atoms with Gasteiger partial charge in [0.05, 0.1) is 36.8 Å². The zero-order chi connectivity index (χ0) is 30.4. The highest BCUT2D eigenvalue weighted by Crippen LogP contribution is 2.46. The fourth-order valence-electron chi connectivity index (χ4n) is 7.60. The number of anilines is 2. The molecule has 4 aromatic rings. The normalized spacial score (nSPS) is 23.6. The summed E-state index contributed by atoms with van der Waals surface area (Å²) in [7, 11) is 1.99. The number of rotatable bonds is 6. The maximum absolute atomic E-state index is 15.3. The Balaban J connectivity index is 1.27. The van der Waals surface area contributed by atoms with Crippen molar-refractivity contribution in [1.82, 2.24) is 9.47 Å². The number of carbonyl (C=O) groups is 2. The number of benzene rings is 3. The number of carbonyl (C=O) groups excluding carboxylic acids is 2. The molecule has 1 aromatic heterocycles. The number of hydrogen-bond donors (Lipinski definition) is 2. The van der Waals surface area contributed by atoms with Crippen molar-refractivity contribution in [3.8, 4) is 0 Å². The molecule has 3 aliphatic rings. The molecule has 2 aliphatic heterocycles. The third-order valence-corrected chi connectivity index (χ3v) is 9.90. The van der Waals surface area contributed by atoms with Crippen molar-refractivity contribution >= 4 is 34.1 Å². The first-order chi connectivity index (χ1) is 21.4. The first-order valence-corrected chi connectivity index (χ1v) is 15.8. The van der Waals surface area contributed by atoms with Crippen LogP contribution in [-0.4, -0.2) is 46.6 Å². The zero-order valence-corrected chi connectivity index (χ0v) is 25.3. The van der Waals surface area contributed by atoms with E-state index >= 15 is 4.39 Å². The van der Waals surface area contributed by atoms with Crippen molar-refractivity contribution in [2.24, 2.45) is 18.9 Å². The Morgan fingerprint density at radius 3 is 2.50 bits per heavy atom. The van der Waals surface area contributed by atoms with E-state index in [1.54, 1.807) is 24.0 Å². The maximum atomic E-state index is 15.3. The van der Waals surface area contributed by atoms with Gasteiger partial charge in [0.2, 0.25) is 5.91 Å². The molecule has 8 heteroatoms. The molecule has 2 amide bonds. The summed E-state index contributed by atoms with van der Waals surface area (Å²) in [6, 6.07) is 20.3. The lowest BCUT2D eigenvalue weighted by molar-refractivity contribution is -0.124. The predicted octanol–water partition coefficient (Wildman–Crippen LogP) is 6.84. The molecule has 2 saturated heterocycles. The number of likely N-dealkylation sites (tertiary alicyclic amines) is 1. The molecule has 3 aromatic carbocycles. The highest BCUT2D eigenvalue weighted by Gasteiger charge is 2.51. The number of halogens is 1. The molecule has 2 N–H and O–H groups in total. The van der Waals surface area contributed by atoms with Gasteiger partial charge in [-0.2, -0.15) is 0 Å². The maximum Gasteiger partial charge on any atom is 0.257 e. The van der Waals surface area contributed by atoms with Gasteiger partial charge in [0.1, 0.15) is 5.82 Å². The third-order valence-electron chi connectivity index (χ3n) is 9.90. The summed E-state index contributed by atoms with van der Waals surface area (Å²) < 4.78 is 23.2. The average Bonchev–Trinajstić information content (AvgIpc) is 3.78. The number of amides is 2. The molecule has 0 bridgehead atoms. The molecule has 3 unspecified atom stereocenters. The van der Waals surface area contributed by atoms with Gasteiger partial charge in [0.15, 0.2) is 0 Å². The molecule has 0 spiro atoms. The molecule has 1 saturated carbocycles. The minimum atomic E-state index is -0.592. The van der Waals surface area contributed by atoms with Crippen molar-refractivity contribution in [2.75, 3.05) is 23.8 Å². The van der Waals surface area contributed by atoms with Crippen LogP contribution in [0.3, 0.4) is 0 Å². The Bertz CT molecular complexity index is 1670. The van der Waals surface area contributed by atoms with Gasteiger partial charge in [-0.25, -0.2) is 4.39 Å². The largest absolute Gasteiger partial charge is 0.382 e. The molecule has 3 fully saturated rings. The van der Waals surface area contributed by atoms with Gasteiger partial charge in [-0.1, -0.05) is 37.1 Å². The standard InChI is InChI=1S/C36H39FN4O3/c1-22-6-5-9-30(37)33(22)36(43)41-32-21-44-20-25(32)19-29(35(42)39-28-14-15-31-24(18-28)16-17-40(31)2)34(41)23-10-12-27(13-11-23)38-26-7-3-4-8-26/h5-6,9-18,25-26,29,32,34,38H,3-4,7-8,19-21H2,1-2H3,(H,39,42)/t25?,29?,32?,34-/m1/s1. The van der Waals surface area contributed by atoms with Gasteiger partial charge < -0.3 is 24.8 Å². The molecule has 1 aliphatic carbocycles. The van der Waals surface area contributed by atoms with Gasteiger partial charge in [0.25, 0.3) is 5.91 Å². The number of aryl methyl sites for hydroxylation is 2. The molecule has 44 heavy (non-hydrogen) atoms. The summed E-state index contributed by atoms with van der Waals surface area (Å²) in [6.07, 6.45) is 7.36. The van der Waals surface area contributed by atoms with E-state index in [9.17, 15) is 9.59 Å². The predicted molar refractivity (Wildman–Crippen MR) is 170 cm³/mol. The summed E-state index contributed by atoms with van der Waals surface area (Å²) in [5.41, 5.74) is 4.29. The van der Waals surface area contributed by atoms with Gasteiger partial charge in [-0.15, -0.1) is 0 Å². The van der Waals surface area contributed by atoms with E-state index in [1.807, 2.05) is 66.3 Å². The van der Waals surface area contributed by atoms with Crippen LogP contribution in [0.1, 0.15) is 59.6 Å². The molecular weight excluding hydrogens is 555 g/mol. The van der Waals surface area contributed by atoms with E-state index in [2.05, 4.69) is 10.6 Å². The molecule has 4 atom stereocenters. The lowest BCUT2D eigenvalue weighted by atomic mass is 9.76. The molecule has 0 radical (unpaired) electrons. The van der Waals surface area contributed by atoms with Crippen LogP contribution in [0.5, 0.6) is 0 Å². The van der Waals surface area contributed by atoms with E-state index < -0.39 is 23.7 Å². The lowest BCUT2D eigenvalue weighted by Crippen LogP contribution is -2.55. The third kappa shape index (κ3) is 5.25. The SMILES string of the molecule is Cc1cccc(F)c1C(=O)N1C2COCC2CC(C(=O)Nc2ccc3c(ccn3C)c2)[C@H]1c1ccc(NC2CCCC2)cc1. The molecular formula is C36H39FN4O3. The van der Waals surface area contributed by atoms with Crippen LogP contribution in [0.25, 0.3) is 10.9 Å². The molecule has 7 rings (SSSR count). The lowest BCUT2D eigenvalue weighted by Gasteiger charge is -2.47. The Labute approximate surface area is 257 Å². The Morgan fingerprint density at radius 2 is 1.73 bits per heavy atom. The van der Waals surface area contributed by atoms with Crippen LogP contribution in [0.2, 0.25) is 0 Å². The first kappa shape index (κ1) is 28.6. The Hall–Kier alpha value is -4.17. The van der Waals surface area contributed by atoms with Gasteiger partial charge in [0, 0.05) is 47.5 Å². The van der Waals surface area contributed by atoms with Crippen molar-refractivity contribution in [3.63, 3.8) is 0 Å². The highest BCUT2D eigenvalue weighted by atomic mass is 19.1. The van der Waals surface area contributed by atoms with Crippen LogP contribution in [0.15, 0.2) is 72.9 Å². The van der Waals surface area contributed by atoms with Crippen LogP contribution in [-0.2, 0) is 16.6 Å². The van der Waals surface area contributed by atoms with Crippen LogP contribution in [0.4, 0.5) is 15.8 Å².